The van der Waals surface area contributed by atoms with Crippen LogP contribution in [0, 0.1) is 6.92 Å². The van der Waals surface area contributed by atoms with Crippen LogP contribution in [0.15, 0.2) is 42.6 Å². The first-order chi connectivity index (χ1) is 8.65. The molecule has 18 heavy (non-hydrogen) atoms. The first-order valence-electron chi connectivity index (χ1n) is 5.61. The molecular weight excluding hydrogens is 248 g/mol. The fourth-order valence-electron chi connectivity index (χ4n) is 1.62. The van der Waals surface area contributed by atoms with Crippen LogP contribution in [0.3, 0.4) is 0 Å². The molecule has 4 heteroatoms. The molecule has 2 rings (SSSR count). The minimum Gasteiger partial charge on any atom is -0.310 e. The quantitative estimate of drug-likeness (QED) is 0.921. The second kappa shape index (κ2) is 5.65. The number of hydrogen-bond acceptors (Lipinski definition) is 2. The van der Waals surface area contributed by atoms with Crippen LogP contribution in [0.5, 0.6) is 0 Å². The SMILES string of the molecule is Cc1ccccc1CC(=O)Nc1ccc(Cl)cn1. The lowest BCUT2D eigenvalue weighted by Gasteiger charge is -2.06. The summed E-state index contributed by atoms with van der Waals surface area (Å²) in [6.07, 6.45) is 1.85. The highest BCUT2D eigenvalue weighted by atomic mass is 35.5. The number of aryl methyl sites for hydroxylation is 1. The van der Waals surface area contributed by atoms with Crippen LogP contribution >= 0.6 is 11.6 Å². The molecule has 0 saturated carbocycles. The molecule has 2 aromatic rings. The lowest BCUT2D eigenvalue weighted by Crippen LogP contribution is -2.15. The summed E-state index contributed by atoms with van der Waals surface area (Å²) in [5.41, 5.74) is 2.13. The molecule has 0 aliphatic rings. The van der Waals surface area contributed by atoms with Gasteiger partial charge in [-0.1, -0.05) is 35.9 Å². The van der Waals surface area contributed by atoms with E-state index >= 15 is 0 Å². The van der Waals surface area contributed by atoms with Gasteiger partial charge < -0.3 is 5.32 Å². The molecule has 0 saturated heterocycles. The number of benzene rings is 1. The largest absolute Gasteiger partial charge is 0.310 e. The zero-order chi connectivity index (χ0) is 13.0. The number of anilines is 1. The Morgan fingerprint density at radius 3 is 2.72 bits per heavy atom. The Labute approximate surface area is 111 Å². The van der Waals surface area contributed by atoms with Crippen molar-refractivity contribution in [3.8, 4) is 0 Å². The van der Waals surface area contributed by atoms with E-state index in [9.17, 15) is 4.79 Å². The lowest BCUT2D eigenvalue weighted by molar-refractivity contribution is -0.115. The summed E-state index contributed by atoms with van der Waals surface area (Å²) in [4.78, 5) is 15.9. The molecule has 0 unspecified atom stereocenters. The van der Waals surface area contributed by atoms with Gasteiger partial charge in [0, 0.05) is 6.20 Å². The normalized spacial score (nSPS) is 10.1. The third kappa shape index (κ3) is 3.31. The Kier molecular flexibility index (Phi) is 3.95. The van der Waals surface area contributed by atoms with E-state index in [-0.39, 0.29) is 5.91 Å². The van der Waals surface area contributed by atoms with Crippen LogP contribution in [0.25, 0.3) is 0 Å². The zero-order valence-corrected chi connectivity index (χ0v) is 10.7. The Morgan fingerprint density at radius 1 is 1.28 bits per heavy atom. The third-order valence-electron chi connectivity index (χ3n) is 2.61. The molecule has 1 aromatic carbocycles. The fourth-order valence-corrected chi connectivity index (χ4v) is 1.73. The number of hydrogen-bond donors (Lipinski definition) is 1. The molecule has 1 amide bonds. The topological polar surface area (TPSA) is 42.0 Å². The Balaban J connectivity index is 2.01. The highest BCUT2D eigenvalue weighted by Gasteiger charge is 2.06. The van der Waals surface area contributed by atoms with Crippen molar-refractivity contribution < 1.29 is 4.79 Å². The maximum absolute atomic E-state index is 11.8. The van der Waals surface area contributed by atoms with Crippen molar-refractivity contribution in [2.24, 2.45) is 0 Å². The molecule has 0 radical (unpaired) electrons. The smallest absolute Gasteiger partial charge is 0.229 e. The average molecular weight is 261 g/mol. The fraction of sp³-hybridized carbons (Fsp3) is 0.143. The van der Waals surface area contributed by atoms with E-state index < -0.39 is 0 Å². The van der Waals surface area contributed by atoms with Crippen molar-refractivity contribution in [1.82, 2.24) is 4.98 Å². The summed E-state index contributed by atoms with van der Waals surface area (Å²) < 4.78 is 0. The van der Waals surface area contributed by atoms with Gasteiger partial charge in [0.05, 0.1) is 11.4 Å². The molecular formula is C14H13ClN2O. The van der Waals surface area contributed by atoms with Gasteiger partial charge in [0.25, 0.3) is 0 Å². The Morgan fingerprint density at radius 2 is 2.06 bits per heavy atom. The molecule has 0 atom stereocenters. The van der Waals surface area contributed by atoms with Crippen molar-refractivity contribution in [1.29, 1.82) is 0 Å². The van der Waals surface area contributed by atoms with Crippen molar-refractivity contribution in [2.45, 2.75) is 13.3 Å². The summed E-state index contributed by atoms with van der Waals surface area (Å²) in [6, 6.07) is 11.2. The van der Waals surface area contributed by atoms with Gasteiger partial charge in [-0.15, -0.1) is 0 Å². The van der Waals surface area contributed by atoms with Crippen LogP contribution in [0.1, 0.15) is 11.1 Å². The predicted molar refractivity (Wildman–Crippen MR) is 72.8 cm³/mol. The number of amides is 1. The van der Waals surface area contributed by atoms with Gasteiger partial charge >= 0.3 is 0 Å². The maximum Gasteiger partial charge on any atom is 0.229 e. The van der Waals surface area contributed by atoms with Gasteiger partial charge in [0.1, 0.15) is 5.82 Å². The number of pyridine rings is 1. The van der Waals surface area contributed by atoms with E-state index in [0.717, 1.165) is 11.1 Å². The molecule has 1 heterocycles. The summed E-state index contributed by atoms with van der Waals surface area (Å²) >= 11 is 5.72. The van der Waals surface area contributed by atoms with Crippen molar-refractivity contribution in [3.63, 3.8) is 0 Å². The van der Waals surface area contributed by atoms with Crippen LogP contribution in [-0.4, -0.2) is 10.9 Å². The third-order valence-corrected chi connectivity index (χ3v) is 2.83. The van der Waals surface area contributed by atoms with Gasteiger partial charge in [0.2, 0.25) is 5.91 Å². The minimum absolute atomic E-state index is 0.0841. The predicted octanol–water partition coefficient (Wildman–Crippen LogP) is 3.22. The van der Waals surface area contributed by atoms with Crippen LogP contribution in [0.4, 0.5) is 5.82 Å². The van der Waals surface area contributed by atoms with E-state index in [1.165, 1.54) is 6.20 Å². The number of aromatic nitrogens is 1. The highest BCUT2D eigenvalue weighted by molar-refractivity contribution is 6.30. The zero-order valence-electron chi connectivity index (χ0n) is 9.98. The van der Waals surface area contributed by atoms with Crippen LogP contribution in [-0.2, 0) is 11.2 Å². The standard InChI is InChI=1S/C14H13ClN2O/c1-10-4-2-3-5-11(10)8-14(18)17-13-7-6-12(15)9-16-13/h2-7,9H,8H2,1H3,(H,16,17,18). The van der Waals surface area contributed by atoms with Gasteiger partial charge in [-0.3, -0.25) is 4.79 Å². The summed E-state index contributed by atoms with van der Waals surface area (Å²) in [5.74, 6) is 0.428. The summed E-state index contributed by atoms with van der Waals surface area (Å²) in [7, 11) is 0. The van der Waals surface area contributed by atoms with Crippen LogP contribution < -0.4 is 5.32 Å². The number of rotatable bonds is 3. The lowest BCUT2D eigenvalue weighted by atomic mass is 10.1. The minimum atomic E-state index is -0.0841. The van der Waals surface area contributed by atoms with Gasteiger partial charge in [-0.2, -0.15) is 0 Å². The van der Waals surface area contributed by atoms with E-state index in [2.05, 4.69) is 10.3 Å². The Hall–Kier alpha value is -1.87. The summed E-state index contributed by atoms with van der Waals surface area (Å²) in [6.45, 7) is 1.99. The monoisotopic (exact) mass is 260 g/mol. The van der Waals surface area contributed by atoms with Gasteiger partial charge in [0.15, 0.2) is 0 Å². The number of nitrogens with one attached hydrogen (secondary N) is 1. The molecule has 0 spiro atoms. The second-order valence-electron chi connectivity index (χ2n) is 4.01. The van der Waals surface area contributed by atoms with E-state index in [1.807, 2.05) is 31.2 Å². The second-order valence-corrected chi connectivity index (χ2v) is 4.45. The first-order valence-corrected chi connectivity index (χ1v) is 5.99. The van der Waals surface area contributed by atoms with Crippen molar-refractivity contribution in [3.05, 3.63) is 58.7 Å². The molecule has 0 bridgehead atoms. The number of halogens is 1. The average Bonchev–Trinajstić information content (AvgIpc) is 2.35. The van der Waals surface area contributed by atoms with Crippen LogP contribution in [0.2, 0.25) is 5.02 Å². The van der Waals surface area contributed by atoms with E-state index in [0.29, 0.717) is 17.3 Å². The van der Waals surface area contributed by atoms with E-state index in [4.69, 9.17) is 11.6 Å². The van der Waals surface area contributed by atoms with Gasteiger partial charge in [-0.05, 0) is 30.2 Å². The highest BCUT2D eigenvalue weighted by Crippen LogP contribution is 2.11. The Bertz CT molecular complexity index is 552. The maximum atomic E-state index is 11.8. The van der Waals surface area contributed by atoms with E-state index in [1.54, 1.807) is 12.1 Å². The number of carbonyl (C=O) groups is 1. The molecule has 1 aromatic heterocycles. The summed E-state index contributed by atoms with van der Waals surface area (Å²) in [5, 5.41) is 3.28. The molecule has 0 aliphatic heterocycles. The van der Waals surface area contributed by atoms with Crippen molar-refractivity contribution >= 4 is 23.3 Å². The molecule has 0 aliphatic carbocycles. The van der Waals surface area contributed by atoms with Crippen molar-refractivity contribution in [2.75, 3.05) is 5.32 Å². The molecule has 1 N–H and O–H groups in total. The first kappa shape index (κ1) is 12.6. The van der Waals surface area contributed by atoms with Gasteiger partial charge in [-0.25, -0.2) is 4.98 Å². The molecule has 3 nitrogen and oxygen atoms in total. The number of nitrogens with zero attached hydrogens (tertiary/aromatic N) is 1. The molecule has 0 fully saturated rings. The number of carbonyl (C=O) groups excluding carboxylic acids is 1. The molecule has 92 valence electrons.